The van der Waals surface area contributed by atoms with Gasteiger partial charge in [-0.15, -0.1) is 0 Å². The molecular weight excluding hydrogens is 330 g/mol. The minimum Gasteiger partial charge on any atom is -0.378 e. The Kier molecular flexibility index (Phi) is 5.16. The maximum absolute atomic E-state index is 12.0. The number of hydrogen-bond donors (Lipinski definition) is 0. The molecule has 26 heavy (non-hydrogen) atoms. The van der Waals surface area contributed by atoms with E-state index in [2.05, 4.69) is 34.1 Å². The summed E-state index contributed by atoms with van der Waals surface area (Å²) in [6, 6.07) is 8.93. The predicted octanol–water partition coefficient (Wildman–Crippen LogP) is 2.04. The van der Waals surface area contributed by atoms with Crippen molar-refractivity contribution in [1.82, 2.24) is 9.96 Å². The van der Waals surface area contributed by atoms with Crippen molar-refractivity contribution < 1.29 is 14.4 Å². The number of carbonyl (C=O) groups is 1. The van der Waals surface area contributed by atoms with Gasteiger partial charge in [0.2, 0.25) is 5.91 Å². The summed E-state index contributed by atoms with van der Waals surface area (Å²) in [5.74, 6) is 0.139. The smallest absolute Gasteiger partial charge is 0.249 e. The van der Waals surface area contributed by atoms with Crippen molar-refractivity contribution in [2.75, 3.05) is 50.8 Å². The van der Waals surface area contributed by atoms with Crippen LogP contribution in [0.5, 0.6) is 0 Å². The number of piperidine rings is 1. The summed E-state index contributed by atoms with van der Waals surface area (Å²) in [6.07, 6.45) is 2.41. The summed E-state index contributed by atoms with van der Waals surface area (Å²) < 4.78 is 5.42. The molecule has 0 unspecified atom stereocenters. The molecule has 0 radical (unpaired) electrons. The molecule has 1 amide bonds. The van der Waals surface area contributed by atoms with Crippen molar-refractivity contribution in [1.29, 1.82) is 0 Å². The minimum absolute atomic E-state index is 0.139. The van der Waals surface area contributed by atoms with E-state index in [4.69, 9.17) is 9.57 Å². The molecule has 1 aromatic carbocycles. The average molecular weight is 359 g/mol. The van der Waals surface area contributed by atoms with Crippen LogP contribution in [-0.4, -0.2) is 67.4 Å². The number of hydrogen-bond acceptors (Lipinski definition) is 5. The first-order valence-corrected chi connectivity index (χ1v) is 9.81. The molecule has 6 nitrogen and oxygen atoms in total. The van der Waals surface area contributed by atoms with Crippen LogP contribution in [0.4, 0.5) is 5.69 Å². The summed E-state index contributed by atoms with van der Waals surface area (Å²) in [7, 11) is 0. The van der Waals surface area contributed by atoms with Gasteiger partial charge < -0.3 is 9.64 Å². The Bertz CT molecular complexity index is 620. The Balaban J connectivity index is 1.30. The monoisotopic (exact) mass is 359 g/mol. The van der Waals surface area contributed by atoms with E-state index in [-0.39, 0.29) is 11.5 Å². The highest BCUT2D eigenvalue weighted by Gasteiger charge is 2.46. The van der Waals surface area contributed by atoms with Crippen LogP contribution in [0.25, 0.3) is 0 Å². The molecule has 4 rings (SSSR count). The van der Waals surface area contributed by atoms with Gasteiger partial charge in [-0.1, -0.05) is 12.1 Å². The lowest BCUT2D eigenvalue weighted by molar-refractivity contribution is -0.208. The van der Waals surface area contributed by atoms with Crippen LogP contribution >= 0.6 is 0 Å². The Morgan fingerprint density at radius 2 is 1.73 bits per heavy atom. The van der Waals surface area contributed by atoms with Gasteiger partial charge in [-0.25, -0.2) is 5.06 Å². The number of likely N-dealkylation sites (tertiary alicyclic amines) is 1. The summed E-state index contributed by atoms with van der Waals surface area (Å²) in [4.78, 5) is 22.8. The first-order chi connectivity index (χ1) is 12.7. The van der Waals surface area contributed by atoms with Crippen molar-refractivity contribution in [3.8, 4) is 0 Å². The van der Waals surface area contributed by atoms with Gasteiger partial charge in [-0.05, 0) is 37.5 Å². The number of anilines is 1. The van der Waals surface area contributed by atoms with Crippen molar-refractivity contribution in [2.24, 2.45) is 0 Å². The van der Waals surface area contributed by atoms with Crippen molar-refractivity contribution in [3.63, 3.8) is 0 Å². The maximum Gasteiger partial charge on any atom is 0.249 e. The van der Waals surface area contributed by atoms with Crippen molar-refractivity contribution in [3.05, 3.63) is 29.8 Å². The predicted molar refractivity (Wildman–Crippen MR) is 99.8 cm³/mol. The molecule has 142 valence electrons. The van der Waals surface area contributed by atoms with Crippen LogP contribution in [0.2, 0.25) is 0 Å². The standard InChI is InChI=1S/C20H29N3O3/c1-2-23-19(24)15-20(26-23)7-9-21(10-8-20)16-17-3-5-18(6-4-17)22-11-13-25-14-12-22/h3-6H,2,7-16H2,1H3. The molecule has 0 aliphatic carbocycles. The fourth-order valence-electron chi connectivity index (χ4n) is 4.20. The zero-order chi connectivity index (χ0) is 18.0. The largest absolute Gasteiger partial charge is 0.378 e. The topological polar surface area (TPSA) is 45.2 Å². The average Bonchev–Trinajstić information content (AvgIpc) is 3.00. The number of carbonyl (C=O) groups excluding carboxylic acids is 1. The van der Waals surface area contributed by atoms with Gasteiger partial charge in [0, 0.05) is 45.0 Å². The molecule has 0 bridgehead atoms. The highest BCUT2D eigenvalue weighted by molar-refractivity contribution is 5.78. The molecule has 3 saturated heterocycles. The highest BCUT2D eigenvalue weighted by Crippen LogP contribution is 2.36. The number of amides is 1. The summed E-state index contributed by atoms with van der Waals surface area (Å²) >= 11 is 0. The van der Waals surface area contributed by atoms with E-state index < -0.39 is 0 Å². The number of hydroxylamine groups is 2. The molecule has 0 N–H and O–H groups in total. The van der Waals surface area contributed by atoms with Crippen LogP contribution in [0, 0.1) is 0 Å². The van der Waals surface area contributed by atoms with Gasteiger partial charge in [0.15, 0.2) is 0 Å². The van der Waals surface area contributed by atoms with Crippen LogP contribution in [0.1, 0.15) is 31.7 Å². The zero-order valence-corrected chi connectivity index (χ0v) is 15.7. The molecule has 0 atom stereocenters. The number of rotatable bonds is 4. The van der Waals surface area contributed by atoms with Gasteiger partial charge in [0.25, 0.3) is 0 Å². The van der Waals surface area contributed by atoms with E-state index in [9.17, 15) is 4.79 Å². The molecule has 0 saturated carbocycles. The number of benzene rings is 1. The lowest BCUT2D eigenvalue weighted by atomic mass is 9.88. The minimum atomic E-state index is -0.246. The van der Waals surface area contributed by atoms with E-state index >= 15 is 0 Å². The molecule has 3 fully saturated rings. The molecule has 1 aromatic rings. The molecule has 3 aliphatic rings. The van der Waals surface area contributed by atoms with Crippen molar-refractivity contribution in [2.45, 2.75) is 38.3 Å². The Morgan fingerprint density at radius 3 is 2.35 bits per heavy atom. The van der Waals surface area contributed by atoms with Crippen LogP contribution < -0.4 is 4.90 Å². The Labute approximate surface area is 155 Å². The van der Waals surface area contributed by atoms with Crippen LogP contribution in [0.15, 0.2) is 24.3 Å². The van der Waals surface area contributed by atoms with Crippen LogP contribution in [-0.2, 0) is 20.9 Å². The third-order valence-electron chi connectivity index (χ3n) is 5.83. The van der Waals surface area contributed by atoms with Gasteiger partial charge in [-0.2, -0.15) is 0 Å². The highest BCUT2D eigenvalue weighted by atomic mass is 16.7. The quantitative estimate of drug-likeness (QED) is 0.823. The van der Waals surface area contributed by atoms with E-state index in [1.807, 2.05) is 6.92 Å². The third kappa shape index (κ3) is 3.72. The maximum atomic E-state index is 12.0. The SMILES string of the molecule is CCN1OC2(CCN(Cc3ccc(N4CCOCC4)cc3)CC2)CC1=O. The molecule has 6 heteroatoms. The lowest BCUT2D eigenvalue weighted by Gasteiger charge is -2.37. The fourth-order valence-corrected chi connectivity index (χ4v) is 4.20. The Hall–Kier alpha value is -1.63. The second-order valence-corrected chi connectivity index (χ2v) is 7.58. The fraction of sp³-hybridized carbons (Fsp3) is 0.650. The van der Waals surface area contributed by atoms with Crippen molar-refractivity contribution >= 4 is 11.6 Å². The van der Waals surface area contributed by atoms with E-state index in [0.29, 0.717) is 13.0 Å². The first-order valence-electron chi connectivity index (χ1n) is 9.81. The van der Waals surface area contributed by atoms with Gasteiger partial charge in [0.1, 0.15) is 5.60 Å². The second kappa shape index (κ2) is 7.55. The molecule has 3 heterocycles. The van der Waals surface area contributed by atoms with E-state index in [1.54, 1.807) is 5.06 Å². The normalized spacial score (nSPS) is 23.8. The van der Waals surface area contributed by atoms with E-state index in [1.165, 1.54) is 11.3 Å². The van der Waals surface area contributed by atoms with E-state index in [0.717, 1.165) is 58.8 Å². The van der Waals surface area contributed by atoms with Crippen LogP contribution in [0.3, 0.4) is 0 Å². The molecule has 1 spiro atoms. The van der Waals surface area contributed by atoms with Gasteiger partial charge in [0.05, 0.1) is 19.6 Å². The zero-order valence-electron chi connectivity index (χ0n) is 15.7. The molecular formula is C20H29N3O3. The third-order valence-corrected chi connectivity index (χ3v) is 5.83. The van der Waals surface area contributed by atoms with Gasteiger partial charge >= 0.3 is 0 Å². The summed E-state index contributed by atoms with van der Waals surface area (Å²) in [6.45, 7) is 9.11. The lowest BCUT2D eigenvalue weighted by Crippen LogP contribution is -2.44. The summed E-state index contributed by atoms with van der Waals surface area (Å²) in [5.41, 5.74) is 2.38. The van der Waals surface area contributed by atoms with Gasteiger partial charge in [-0.3, -0.25) is 14.5 Å². The number of nitrogens with zero attached hydrogens (tertiary/aromatic N) is 3. The molecule has 0 aromatic heterocycles. The molecule has 3 aliphatic heterocycles. The number of morpholine rings is 1. The summed E-state index contributed by atoms with van der Waals surface area (Å²) in [5, 5.41) is 1.54. The Morgan fingerprint density at radius 1 is 1.04 bits per heavy atom. The second-order valence-electron chi connectivity index (χ2n) is 7.58. The first kappa shape index (κ1) is 17.8. The number of ether oxygens (including phenoxy) is 1.